The first kappa shape index (κ1) is 17.5. The van der Waals surface area contributed by atoms with Gasteiger partial charge in [-0.2, -0.15) is 0 Å². The van der Waals surface area contributed by atoms with Gasteiger partial charge in [-0.3, -0.25) is 15.1 Å². The summed E-state index contributed by atoms with van der Waals surface area (Å²) >= 11 is 0. The number of nitro groups is 1. The van der Waals surface area contributed by atoms with Gasteiger partial charge in [0.25, 0.3) is 0 Å². The fraction of sp³-hybridized carbons (Fsp3) is 0.0952. The molecule has 138 valence electrons. The van der Waals surface area contributed by atoms with Gasteiger partial charge in [-0.15, -0.1) is 0 Å². The van der Waals surface area contributed by atoms with E-state index >= 15 is 0 Å². The van der Waals surface area contributed by atoms with Gasteiger partial charge in [-0.05, 0) is 53.8 Å². The second-order valence-corrected chi connectivity index (χ2v) is 6.49. The fourth-order valence-electron chi connectivity index (χ4n) is 3.07. The van der Waals surface area contributed by atoms with Gasteiger partial charge in [-0.25, -0.2) is 9.97 Å². The van der Waals surface area contributed by atoms with E-state index in [1.165, 1.54) is 5.56 Å². The molecule has 0 aliphatic heterocycles. The van der Waals surface area contributed by atoms with Crippen molar-refractivity contribution < 1.29 is 4.92 Å². The molecule has 0 spiro atoms. The molecule has 28 heavy (non-hydrogen) atoms. The average Bonchev–Trinajstić information content (AvgIpc) is 2.68. The van der Waals surface area contributed by atoms with Crippen molar-refractivity contribution in [3.05, 3.63) is 88.5 Å². The Bertz CT molecular complexity index is 1180. The van der Waals surface area contributed by atoms with E-state index in [0.717, 1.165) is 21.9 Å². The SMILES string of the molecule is Cc1ccncc1-c1ccc2cc(Nc3cc(C[N+](=O)[O-])ccn3)ncc2c1. The summed E-state index contributed by atoms with van der Waals surface area (Å²) in [6, 6.07) is 13.4. The van der Waals surface area contributed by atoms with Crippen molar-refractivity contribution in [2.45, 2.75) is 13.5 Å². The van der Waals surface area contributed by atoms with E-state index in [4.69, 9.17) is 0 Å². The molecule has 7 nitrogen and oxygen atoms in total. The molecule has 0 fully saturated rings. The summed E-state index contributed by atoms with van der Waals surface area (Å²) in [5.74, 6) is 1.15. The number of benzene rings is 1. The summed E-state index contributed by atoms with van der Waals surface area (Å²) in [7, 11) is 0. The summed E-state index contributed by atoms with van der Waals surface area (Å²) in [5, 5.41) is 15.8. The number of pyridine rings is 3. The molecule has 0 amide bonds. The molecule has 7 heteroatoms. The van der Waals surface area contributed by atoms with Gasteiger partial charge in [0.05, 0.1) is 0 Å². The van der Waals surface area contributed by atoms with Crippen LogP contribution >= 0.6 is 0 Å². The third kappa shape index (κ3) is 3.78. The Labute approximate surface area is 161 Å². The number of anilines is 2. The van der Waals surface area contributed by atoms with Crippen molar-refractivity contribution in [3.63, 3.8) is 0 Å². The van der Waals surface area contributed by atoms with E-state index in [1.54, 1.807) is 30.7 Å². The van der Waals surface area contributed by atoms with E-state index < -0.39 is 0 Å². The lowest BCUT2D eigenvalue weighted by atomic mass is 10.0. The van der Waals surface area contributed by atoms with Gasteiger partial charge in [0, 0.05) is 46.2 Å². The van der Waals surface area contributed by atoms with Crippen LogP contribution in [0.5, 0.6) is 0 Å². The Kier molecular flexibility index (Phi) is 4.63. The number of aryl methyl sites for hydroxylation is 1. The van der Waals surface area contributed by atoms with Crippen LogP contribution in [0.3, 0.4) is 0 Å². The zero-order valence-corrected chi connectivity index (χ0v) is 15.2. The van der Waals surface area contributed by atoms with Crippen LogP contribution in [0.4, 0.5) is 11.6 Å². The summed E-state index contributed by atoms with van der Waals surface area (Å²) < 4.78 is 0. The zero-order valence-electron chi connectivity index (χ0n) is 15.2. The Balaban J connectivity index is 1.61. The molecule has 0 aliphatic rings. The predicted molar refractivity (Wildman–Crippen MR) is 108 cm³/mol. The van der Waals surface area contributed by atoms with Crippen molar-refractivity contribution in [2.75, 3.05) is 5.32 Å². The number of fused-ring (bicyclic) bond motifs is 1. The molecule has 3 aromatic heterocycles. The molecule has 0 atom stereocenters. The fourth-order valence-corrected chi connectivity index (χ4v) is 3.07. The lowest BCUT2D eigenvalue weighted by molar-refractivity contribution is -0.496. The Hall–Kier alpha value is -3.87. The normalized spacial score (nSPS) is 10.8. The van der Waals surface area contributed by atoms with Crippen LogP contribution in [0.15, 0.2) is 67.3 Å². The molecule has 0 unspecified atom stereocenters. The van der Waals surface area contributed by atoms with Crippen LogP contribution in [0, 0.1) is 17.0 Å². The van der Waals surface area contributed by atoms with Gasteiger partial charge in [0.15, 0.2) is 0 Å². The van der Waals surface area contributed by atoms with Crippen molar-refractivity contribution in [1.29, 1.82) is 0 Å². The van der Waals surface area contributed by atoms with Crippen LogP contribution in [-0.4, -0.2) is 19.9 Å². The summed E-state index contributed by atoms with van der Waals surface area (Å²) in [4.78, 5) is 23.2. The maximum absolute atomic E-state index is 10.7. The van der Waals surface area contributed by atoms with Crippen LogP contribution < -0.4 is 5.32 Å². The molecule has 1 N–H and O–H groups in total. The molecule has 4 rings (SSSR count). The van der Waals surface area contributed by atoms with E-state index in [9.17, 15) is 10.1 Å². The standard InChI is InChI=1S/C21H17N5O2/c1-14-4-6-22-12-19(14)17-3-2-16-10-21(24-11-18(16)9-17)25-20-8-15(5-7-23-20)13-26(27)28/h2-12H,13H2,1H3,(H,23,24,25). The van der Waals surface area contributed by atoms with Crippen LogP contribution in [0.1, 0.15) is 11.1 Å². The topological polar surface area (TPSA) is 93.8 Å². The van der Waals surface area contributed by atoms with Gasteiger partial charge in [-0.1, -0.05) is 12.1 Å². The number of nitrogens with one attached hydrogen (secondary N) is 1. The largest absolute Gasteiger partial charge is 0.325 e. The van der Waals surface area contributed by atoms with Crippen LogP contribution in [-0.2, 0) is 6.54 Å². The molecule has 1 aromatic carbocycles. The third-order valence-electron chi connectivity index (χ3n) is 4.46. The van der Waals surface area contributed by atoms with Crippen molar-refractivity contribution in [1.82, 2.24) is 15.0 Å². The highest BCUT2D eigenvalue weighted by Gasteiger charge is 2.07. The van der Waals surface area contributed by atoms with Crippen LogP contribution in [0.25, 0.3) is 21.9 Å². The molecule has 0 radical (unpaired) electrons. The van der Waals surface area contributed by atoms with Crippen molar-refractivity contribution >= 4 is 22.4 Å². The zero-order chi connectivity index (χ0) is 19.5. The van der Waals surface area contributed by atoms with E-state index in [0.29, 0.717) is 17.2 Å². The monoisotopic (exact) mass is 371 g/mol. The first-order chi connectivity index (χ1) is 13.6. The summed E-state index contributed by atoms with van der Waals surface area (Å²) in [5.41, 5.74) is 3.94. The highest BCUT2D eigenvalue weighted by Crippen LogP contribution is 2.27. The molecule has 0 saturated carbocycles. The maximum atomic E-state index is 10.7. The minimum Gasteiger partial charge on any atom is -0.325 e. The molecular formula is C21H17N5O2. The van der Waals surface area contributed by atoms with E-state index in [1.807, 2.05) is 24.4 Å². The van der Waals surface area contributed by atoms with Crippen LogP contribution in [0.2, 0.25) is 0 Å². The quantitative estimate of drug-likeness (QED) is 0.409. The first-order valence-corrected chi connectivity index (χ1v) is 8.73. The molecule has 3 heterocycles. The Morgan fingerprint density at radius 1 is 0.964 bits per heavy atom. The van der Waals surface area contributed by atoms with Gasteiger partial charge in [0.1, 0.15) is 11.6 Å². The minimum absolute atomic E-state index is 0.237. The second-order valence-electron chi connectivity index (χ2n) is 6.49. The number of nitrogens with zero attached hydrogens (tertiary/aromatic N) is 4. The number of rotatable bonds is 5. The lowest BCUT2D eigenvalue weighted by Gasteiger charge is -2.09. The van der Waals surface area contributed by atoms with Crippen molar-refractivity contribution in [3.8, 4) is 11.1 Å². The molecule has 4 aromatic rings. The number of hydrogen-bond donors (Lipinski definition) is 1. The lowest BCUT2D eigenvalue weighted by Crippen LogP contribution is -2.01. The van der Waals surface area contributed by atoms with Gasteiger partial charge >= 0.3 is 0 Å². The van der Waals surface area contributed by atoms with E-state index in [2.05, 4.69) is 39.3 Å². The molecule has 0 saturated heterocycles. The minimum atomic E-state index is -0.366. The highest BCUT2D eigenvalue weighted by atomic mass is 16.6. The maximum Gasteiger partial charge on any atom is 0.229 e. The second kappa shape index (κ2) is 7.40. The highest BCUT2D eigenvalue weighted by molar-refractivity contribution is 5.89. The Morgan fingerprint density at radius 3 is 2.64 bits per heavy atom. The molecule has 0 aliphatic carbocycles. The molecule has 0 bridgehead atoms. The number of hydrogen-bond acceptors (Lipinski definition) is 6. The van der Waals surface area contributed by atoms with Gasteiger partial charge < -0.3 is 5.32 Å². The summed E-state index contributed by atoms with van der Waals surface area (Å²) in [6.45, 7) is 1.82. The molecular weight excluding hydrogens is 354 g/mol. The number of aromatic nitrogens is 3. The Morgan fingerprint density at radius 2 is 1.82 bits per heavy atom. The summed E-state index contributed by atoms with van der Waals surface area (Å²) in [6.07, 6.45) is 7.00. The predicted octanol–water partition coefficient (Wildman–Crippen LogP) is 4.52. The van der Waals surface area contributed by atoms with Crippen molar-refractivity contribution in [2.24, 2.45) is 0 Å². The van der Waals surface area contributed by atoms with Gasteiger partial charge in [0.2, 0.25) is 6.54 Å². The third-order valence-corrected chi connectivity index (χ3v) is 4.46. The smallest absolute Gasteiger partial charge is 0.229 e. The first-order valence-electron chi connectivity index (χ1n) is 8.73. The van der Waals surface area contributed by atoms with E-state index in [-0.39, 0.29) is 11.5 Å². The average molecular weight is 371 g/mol.